The first-order valence-electron chi connectivity index (χ1n) is 19.8. The topological polar surface area (TPSA) is 56.7 Å². The van der Waals surface area contributed by atoms with Crippen LogP contribution in [0.4, 0.5) is 0 Å². The predicted octanol–water partition coefficient (Wildman–Crippen LogP) is 14.5. The maximum atomic E-state index is 6.94. The second-order valence-corrected chi connectivity index (χ2v) is 16.2. The molecule has 0 fully saturated rings. The molecule has 0 radical (unpaired) electrons. The van der Waals surface area contributed by atoms with Gasteiger partial charge in [0, 0.05) is 52.8 Å². The molecule has 9 aromatic carbocycles. The summed E-state index contributed by atoms with van der Waals surface area (Å²) in [4.78, 5) is 16.4. The van der Waals surface area contributed by atoms with E-state index >= 15 is 0 Å². The summed E-state index contributed by atoms with van der Waals surface area (Å²) in [5.41, 5.74) is 7.37. The van der Waals surface area contributed by atoms with Crippen molar-refractivity contribution in [2.75, 3.05) is 0 Å². The highest BCUT2D eigenvalue weighted by molar-refractivity contribution is 7.25. The molecule has 0 amide bonds. The lowest BCUT2D eigenvalue weighted by molar-refractivity contribution is 0.669. The lowest BCUT2D eigenvalue weighted by Gasteiger charge is -2.16. The van der Waals surface area contributed by atoms with Gasteiger partial charge in [-0.25, -0.2) is 15.0 Å². The van der Waals surface area contributed by atoms with Crippen molar-refractivity contribution in [1.29, 1.82) is 0 Å². The minimum absolute atomic E-state index is 0.542. The summed E-state index contributed by atoms with van der Waals surface area (Å²) < 4.78 is 11.7. The molecule has 6 heteroatoms. The van der Waals surface area contributed by atoms with Gasteiger partial charge < -0.3 is 8.98 Å². The van der Waals surface area contributed by atoms with E-state index in [1.54, 1.807) is 11.3 Å². The molecule has 274 valence electrons. The summed E-state index contributed by atoms with van der Waals surface area (Å²) in [5.74, 6) is 1.76. The highest BCUT2D eigenvalue weighted by Crippen LogP contribution is 2.45. The minimum Gasteiger partial charge on any atom is -0.455 e. The van der Waals surface area contributed by atoms with Crippen LogP contribution in [0, 0.1) is 0 Å². The number of thiophene rings is 1. The van der Waals surface area contributed by atoms with Crippen LogP contribution in [0.15, 0.2) is 186 Å². The van der Waals surface area contributed by atoms with Crippen molar-refractivity contribution < 1.29 is 4.42 Å². The number of aromatic nitrogens is 4. The van der Waals surface area contributed by atoms with Crippen molar-refractivity contribution in [3.05, 3.63) is 182 Å². The first-order chi connectivity index (χ1) is 29.2. The van der Waals surface area contributed by atoms with Crippen LogP contribution in [0.5, 0.6) is 0 Å². The first kappa shape index (κ1) is 32.4. The normalized spacial score (nSPS) is 12.1. The maximum Gasteiger partial charge on any atom is 0.170 e. The van der Waals surface area contributed by atoms with Crippen LogP contribution in [0.2, 0.25) is 0 Å². The van der Waals surface area contributed by atoms with Crippen LogP contribution in [-0.4, -0.2) is 19.5 Å². The fraction of sp³-hybridized carbons (Fsp3) is 0. The van der Waals surface area contributed by atoms with E-state index in [1.807, 2.05) is 12.1 Å². The van der Waals surface area contributed by atoms with Gasteiger partial charge in [-0.2, -0.15) is 0 Å². The van der Waals surface area contributed by atoms with Crippen LogP contribution < -0.4 is 0 Å². The van der Waals surface area contributed by atoms with Crippen LogP contribution in [-0.2, 0) is 0 Å². The van der Waals surface area contributed by atoms with Gasteiger partial charge in [0.1, 0.15) is 11.2 Å². The van der Waals surface area contributed by atoms with Crippen LogP contribution in [0.1, 0.15) is 0 Å². The van der Waals surface area contributed by atoms with E-state index in [4.69, 9.17) is 19.4 Å². The quantitative estimate of drug-likeness (QED) is 0.179. The zero-order chi connectivity index (χ0) is 38.6. The Kier molecular flexibility index (Phi) is 6.82. The summed E-state index contributed by atoms with van der Waals surface area (Å²) in [6, 6.07) is 64.3. The summed E-state index contributed by atoms with van der Waals surface area (Å²) in [6.07, 6.45) is 0. The van der Waals surface area contributed by atoms with E-state index in [2.05, 4.69) is 174 Å². The molecule has 0 aliphatic carbocycles. The summed E-state index contributed by atoms with van der Waals surface area (Å²) in [6.45, 7) is 0. The number of benzene rings is 9. The zero-order valence-corrected chi connectivity index (χ0v) is 32.2. The number of furan rings is 1. The third-order valence-corrected chi connectivity index (χ3v) is 13.0. The molecule has 0 atom stereocenters. The van der Waals surface area contributed by atoms with Gasteiger partial charge in [-0.3, -0.25) is 0 Å². The van der Waals surface area contributed by atoms with E-state index in [0.717, 1.165) is 71.5 Å². The monoisotopic (exact) mass is 770 g/mol. The fourth-order valence-corrected chi connectivity index (χ4v) is 10.3. The van der Waals surface area contributed by atoms with Crippen molar-refractivity contribution in [3.8, 4) is 39.9 Å². The highest BCUT2D eigenvalue weighted by Gasteiger charge is 2.26. The molecule has 4 aromatic heterocycles. The zero-order valence-electron chi connectivity index (χ0n) is 31.4. The molecule has 0 unspecified atom stereocenters. The Morgan fingerprint density at radius 3 is 1.92 bits per heavy atom. The van der Waals surface area contributed by atoms with Crippen LogP contribution in [0.3, 0.4) is 0 Å². The molecule has 5 nitrogen and oxygen atoms in total. The van der Waals surface area contributed by atoms with Gasteiger partial charge in [0.05, 0.1) is 22.3 Å². The second kappa shape index (κ2) is 12.4. The van der Waals surface area contributed by atoms with Crippen molar-refractivity contribution in [2.24, 2.45) is 0 Å². The minimum atomic E-state index is 0.542. The third kappa shape index (κ3) is 4.81. The van der Waals surface area contributed by atoms with E-state index in [9.17, 15) is 0 Å². The second-order valence-electron chi connectivity index (χ2n) is 15.1. The average Bonchev–Trinajstić information content (AvgIpc) is 3.97. The first-order valence-corrected chi connectivity index (χ1v) is 20.6. The number of rotatable bonds is 4. The smallest absolute Gasteiger partial charge is 0.170 e. The van der Waals surface area contributed by atoms with Gasteiger partial charge in [-0.1, -0.05) is 133 Å². The van der Waals surface area contributed by atoms with Crippen molar-refractivity contribution in [3.63, 3.8) is 0 Å². The van der Waals surface area contributed by atoms with Gasteiger partial charge in [0.2, 0.25) is 0 Å². The predicted molar refractivity (Wildman–Crippen MR) is 246 cm³/mol. The van der Waals surface area contributed by atoms with Gasteiger partial charge in [-0.05, 0) is 70.1 Å². The maximum absolute atomic E-state index is 6.94. The van der Waals surface area contributed by atoms with E-state index in [-0.39, 0.29) is 0 Å². The van der Waals surface area contributed by atoms with Crippen molar-refractivity contribution in [2.45, 2.75) is 0 Å². The molecular formula is C53H30N4OS. The van der Waals surface area contributed by atoms with E-state index < -0.39 is 0 Å². The van der Waals surface area contributed by atoms with Crippen molar-refractivity contribution >= 4 is 96.8 Å². The largest absolute Gasteiger partial charge is 0.455 e. The summed E-state index contributed by atoms with van der Waals surface area (Å²) >= 11 is 1.79. The number of para-hydroxylation sites is 2. The average molecular weight is 771 g/mol. The Bertz CT molecular complexity index is 3870. The van der Waals surface area contributed by atoms with Gasteiger partial charge in [0.25, 0.3) is 0 Å². The molecule has 0 saturated heterocycles. The van der Waals surface area contributed by atoms with Gasteiger partial charge >= 0.3 is 0 Å². The van der Waals surface area contributed by atoms with Gasteiger partial charge in [0.15, 0.2) is 17.5 Å². The molecule has 0 bridgehead atoms. The Hall–Kier alpha value is -7.67. The van der Waals surface area contributed by atoms with E-state index in [1.165, 1.54) is 36.3 Å². The number of nitrogens with zero attached hydrogens (tertiary/aromatic N) is 4. The highest BCUT2D eigenvalue weighted by atomic mass is 32.1. The van der Waals surface area contributed by atoms with Gasteiger partial charge in [-0.15, -0.1) is 11.3 Å². The van der Waals surface area contributed by atoms with E-state index in [0.29, 0.717) is 17.5 Å². The number of hydrogen-bond donors (Lipinski definition) is 0. The Labute approximate surface area is 341 Å². The molecule has 13 aromatic rings. The molecule has 59 heavy (non-hydrogen) atoms. The molecule has 0 aliphatic heterocycles. The molecular weight excluding hydrogens is 741 g/mol. The molecule has 4 heterocycles. The molecule has 0 spiro atoms. The summed E-state index contributed by atoms with van der Waals surface area (Å²) in [5, 5.41) is 11.3. The number of hydrogen-bond acceptors (Lipinski definition) is 5. The molecule has 0 saturated carbocycles. The van der Waals surface area contributed by atoms with Crippen LogP contribution in [0.25, 0.3) is 125 Å². The molecule has 13 rings (SSSR count). The summed E-state index contributed by atoms with van der Waals surface area (Å²) in [7, 11) is 0. The Morgan fingerprint density at radius 1 is 0.407 bits per heavy atom. The third-order valence-electron chi connectivity index (χ3n) is 11.8. The van der Waals surface area contributed by atoms with Crippen LogP contribution >= 0.6 is 11.3 Å². The Morgan fingerprint density at radius 2 is 1.03 bits per heavy atom. The standard InChI is InChI=1S/C53H30N4OS/c1-2-15-33-30-44-41(29-32(33)14-1)35-18-5-8-23-42(35)57(44)43-28-27-37-36-19-6-9-24-45(36)58-50(37)49(43)53-55-51(38-21-11-16-31-13-3-4-17-34(31)38)54-52(56-53)40-22-12-26-47-48(40)39-20-7-10-25-46(39)59-47/h1-30H. The molecule has 0 aliphatic rings. The SMILES string of the molecule is c1ccc2cc3c(cc2c1)c1ccccc1n3-c1ccc2c(oc3ccccc32)c1-c1nc(-c2cccc3ccccc23)nc(-c2cccc3sc4ccccc4c23)n1. The number of fused-ring (bicyclic) bond motifs is 11. The molecule has 0 N–H and O–H groups in total. The lowest BCUT2D eigenvalue weighted by Crippen LogP contribution is -2.04. The Balaban J connectivity index is 1.20. The fourth-order valence-electron chi connectivity index (χ4n) is 9.21. The van der Waals surface area contributed by atoms with Crippen molar-refractivity contribution in [1.82, 2.24) is 19.5 Å². The lowest BCUT2D eigenvalue weighted by atomic mass is 10.0.